The number of aromatic nitrogens is 1. The SMILES string of the molecule is Cc1cc(OC2CCOCC2)ncc1C(=O)Cc1ccc(Cl)c(Cl)c1. The molecule has 1 saturated heterocycles. The summed E-state index contributed by atoms with van der Waals surface area (Å²) in [7, 11) is 0. The summed E-state index contributed by atoms with van der Waals surface area (Å²) in [4.78, 5) is 16.9. The summed E-state index contributed by atoms with van der Waals surface area (Å²) in [5, 5.41) is 0.923. The van der Waals surface area contributed by atoms with E-state index in [2.05, 4.69) is 4.98 Å². The first-order chi connectivity index (χ1) is 12.0. The highest BCUT2D eigenvalue weighted by molar-refractivity contribution is 6.42. The number of ketones is 1. The fourth-order valence-corrected chi connectivity index (χ4v) is 3.10. The summed E-state index contributed by atoms with van der Waals surface area (Å²) >= 11 is 11.9. The summed E-state index contributed by atoms with van der Waals surface area (Å²) < 4.78 is 11.2. The third-order valence-corrected chi connectivity index (χ3v) is 4.93. The summed E-state index contributed by atoms with van der Waals surface area (Å²) in [6.45, 7) is 3.31. The van der Waals surface area contributed by atoms with Crippen LogP contribution in [0.4, 0.5) is 0 Å². The summed E-state index contributed by atoms with van der Waals surface area (Å²) in [5.74, 6) is 0.538. The topological polar surface area (TPSA) is 48.4 Å². The van der Waals surface area contributed by atoms with Crippen LogP contribution in [0.1, 0.15) is 34.3 Å². The predicted octanol–water partition coefficient (Wildman–Crippen LogP) is 4.68. The zero-order chi connectivity index (χ0) is 17.8. The molecule has 0 radical (unpaired) electrons. The van der Waals surface area contributed by atoms with E-state index in [0.717, 1.165) is 24.0 Å². The van der Waals surface area contributed by atoms with Gasteiger partial charge in [-0.1, -0.05) is 29.3 Å². The molecule has 132 valence electrons. The van der Waals surface area contributed by atoms with Crippen LogP contribution in [-0.2, 0) is 11.2 Å². The van der Waals surface area contributed by atoms with Crippen molar-refractivity contribution in [2.45, 2.75) is 32.3 Å². The van der Waals surface area contributed by atoms with E-state index in [4.69, 9.17) is 32.7 Å². The molecule has 4 nitrogen and oxygen atoms in total. The van der Waals surface area contributed by atoms with Gasteiger partial charge in [-0.25, -0.2) is 4.98 Å². The molecule has 2 heterocycles. The van der Waals surface area contributed by atoms with Crippen LogP contribution in [0.25, 0.3) is 0 Å². The van der Waals surface area contributed by atoms with Crippen molar-refractivity contribution < 1.29 is 14.3 Å². The largest absolute Gasteiger partial charge is 0.474 e. The molecule has 0 bridgehead atoms. The van der Waals surface area contributed by atoms with Crippen molar-refractivity contribution in [3.8, 4) is 5.88 Å². The predicted molar refractivity (Wildman–Crippen MR) is 97.9 cm³/mol. The molecule has 0 saturated carbocycles. The van der Waals surface area contributed by atoms with Gasteiger partial charge in [0.25, 0.3) is 0 Å². The van der Waals surface area contributed by atoms with Gasteiger partial charge < -0.3 is 9.47 Å². The molecule has 0 amide bonds. The molecule has 1 aliphatic rings. The molecule has 2 aromatic rings. The van der Waals surface area contributed by atoms with Crippen molar-refractivity contribution in [1.29, 1.82) is 0 Å². The van der Waals surface area contributed by atoms with E-state index in [1.165, 1.54) is 0 Å². The van der Waals surface area contributed by atoms with Gasteiger partial charge in [-0.15, -0.1) is 0 Å². The Bertz CT molecular complexity index is 773. The van der Waals surface area contributed by atoms with Crippen molar-refractivity contribution in [2.75, 3.05) is 13.2 Å². The molecule has 0 atom stereocenters. The maximum atomic E-state index is 12.6. The second kappa shape index (κ2) is 8.17. The third kappa shape index (κ3) is 4.72. The first-order valence-corrected chi connectivity index (χ1v) is 8.96. The Morgan fingerprint density at radius 2 is 2.00 bits per heavy atom. The van der Waals surface area contributed by atoms with Gasteiger partial charge in [0.1, 0.15) is 6.10 Å². The zero-order valence-corrected chi connectivity index (χ0v) is 15.4. The molecule has 0 spiro atoms. The smallest absolute Gasteiger partial charge is 0.213 e. The number of ether oxygens (including phenoxy) is 2. The van der Waals surface area contributed by atoms with Crippen LogP contribution in [0.5, 0.6) is 5.88 Å². The van der Waals surface area contributed by atoms with Crippen molar-refractivity contribution in [3.63, 3.8) is 0 Å². The van der Waals surface area contributed by atoms with Gasteiger partial charge >= 0.3 is 0 Å². The van der Waals surface area contributed by atoms with Crippen LogP contribution < -0.4 is 4.74 Å². The lowest BCUT2D eigenvalue weighted by Crippen LogP contribution is -2.26. The van der Waals surface area contributed by atoms with Crippen LogP contribution in [-0.4, -0.2) is 30.1 Å². The van der Waals surface area contributed by atoms with E-state index in [9.17, 15) is 4.79 Å². The molecule has 0 N–H and O–H groups in total. The highest BCUT2D eigenvalue weighted by Gasteiger charge is 2.17. The number of Topliss-reactive ketones (excluding diaryl/α,β-unsaturated/α-hetero) is 1. The van der Waals surface area contributed by atoms with Crippen molar-refractivity contribution >= 4 is 29.0 Å². The lowest BCUT2D eigenvalue weighted by Gasteiger charge is -2.22. The second-order valence-electron chi connectivity index (χ2n) is 6.12. The number of benzene rings is 1. The number of nitrogens with zero attached hydrogens (tertiary/aromatic N) is 1. The highest BCUT2D eigenvalue weighted by atomic mass is 35.5. The summed E-state index contributed by atoms with van der Waals surface area (Å²) in [6, 6.07) is 7.03. The van der Waals surface area contributed by atoms with E-state index in [-0.39, 0.29) is 18.3 Å². The molecule has 1 aromatic carbocycles. The first-order valence-electron chi connectivity index (χ1n) is 8.21. The zero-order valence-electron chi connectivity index (χ0n) is 13.9. The summed E-state index contributed by atoms with van der Waals surface area (Å²) in [6.07, 6.45) is 3.68. The number of carbonyl (C=O) groups is 1. The van der Waals surface area contributed by atoms with Gasteiger partial charge in [0, 0.05) is 37.1 Å². The van der Waals surface area contributed by atoms with Gasteiger partial charge in [0.2, 0.25) is 5.88 Å². The maximum Gasteiger partial charge on any atom is 0.213 e. The Labute approximate surface area is 157 Å². The fraction of sp³-hybridized carbons (Fsp3) is 0.368. The number of hydrogen-bond acceptors (Lipinski definition) is 4. The molecule has 1 aromatic heterocycles. The van der Waals surface area contributed by atoms with Gasteiger partial charge in [-0.05, 0) is 30.2 Å². The van der Waals surface area contributed by atoms with Gasteiger partial charge in [0.05, 0.1) is 23.3 Å². The van der Waals surface area contributed by atoms with E-state index in [1.807, 2.05) is 13.0 Å². The maximum absolute atomic E-state index is 12.6. The quantitative estimate of drug-likeness (QED) is 0.707. The number of halogens is 2. The highest BCUT2D eigenvalue weighted by Crippen LogP contribution is 2.24. The van der Waals surface area contributed by atoms with Gasteiger partial charge in [-0.3, -0.25) is 4.79 Å². The Kier molecular flexibility index (Phi) is 5.94. The molecular weight excluding hydrogens is 361 g/mol. The van der Waals surface area contributed by atoms with Crippen LogP contribution >= 0.6 is 23.2 Å². The molecule has 1 aliphatic heterocycles. The minimum atomic E-state index is -0.0130. The van der Waals surface area contributed by atoms with Crippen molar-refractivity contribution in [3.05, 3.63) is 57.2 Å². The monoisotopic (exact) mass is 379 g/mol. The number of hydrogen-bond donors (Lipinski definition) is 0. The van der Waals surface area contributed by atoms with Crippen LogP contribution in [0.2, 0.25) is 10.0 Å². The third-order valence-electron chi connectivity index (χ3n) is 4.19. The van der Waals surface area contributed by atoms with E-state index in [1.54, 1.807) is 24.4 Å². The number of rotatable bonds is 5. The first kappa shape index (κ1) is 18.2. The Morgan fingerprint density at radius 1 is 1.24 bits per heavy atom. The standard InChI is InChI=1S/C19H19Cl2NO3/c1-12-8-19(25-14-4-6-24-7-5-14)22-11-15(12)18(23)10-13-2-3-16(20)17(21)9-13/h2-3,8-9,11,14H,4-7,10H2,1H3. The molecule has 0 aliphatic carbocycles. The van der Waals surface area contributed by atoms with Crippen LogP contribution in [0.15, 0.2) is 30.5 Å². The minimum absolute atomic E-state index is 0.0130. The Hall–Kier alpha value is -1.62. The van der Waals surface area contributed by atoms with Crippen molar-refractivity contribution in [2.24, 2.45) is 0 Å². The van der Waals surface area contributed by atoms with Gasteiger partial charge in [0.15, 0.2) is 5.78 Å². The second-order valence-corrected chi connectivity index (χ2v) is 6.93. The lowest BCUT2D eigenvalue weighted by atomic mass is 10.0. The lowest BCUT2D eigenvalue weighted by molar-refractivity contribution is 0.0237. The molecule has 3 rings (SSSR count). The average molecular weight is 380 g/mol. The van der Waals surface area contributed by atoms with Crippen LogP contribution in [0.3, 0.4) is 0 Å². The van der Waals surface area contributed by atoms with Crippen LogP contribution in [0, 0.1) is 6.92 Å². The number of pyridine rings is 1. The Morgan fingerprint density at radius 3 is 2.68 bits per heavy atom. The van der Waals surface area contributed by atoms with E-state index < -0.39 is 0 Å². The van der Waals surface area contributed by atoms with Gasteiger partial charge in [-0.2, -0.15) is 0 Å². The number of carbonyl (C=O) groups excluding carboxylic acids is 1. The minimum Gasteiger partial charge on any atom is -0.474 e. The normalized spacial score (nSPS) is 15.2. The molecular formula is C19H19Cl2NO3. The molecule has 25 heavy (non-hydrogen) atoms. The Balaban J connectivity index is 1.69. The number of aryl methyl sites for hydroxylation is 1. The van der Waals surface area contributed by atoms with Crippen molar-refractivity contribution in [1.82, 2.24) is 4.98 Å². The van der Waals surface area contributed by atoms with E-state index >= 15 is 0 Å². The average Bonchev–Trinajstić information content (AvgIpc) is 2.59. The molecule has 6 heteroatoms. The summed E-state index contributed by atoms with van der Waals surface area (Å²) in [5.41, 5.74) is 2.26. The fourth-order valence-electron chi connectivity index (χ4n) is 2.78. The van der Waals surface area contributed by atoms with E-state index in [0.29, 0.717) is 34.7 Å². The molecule has 1 fully saturated rings. The molecule has 0 unspecified atom stereocenters.